The van der Waals surface area contributed by atoms with E-state index in [1.165, 1.54) is 11.3 Å². The van der Waals surface area contributed by atoms with E-state index >= 15 is 0 Å². The number of carbonyl (C=O) groups is 2. The molecule has 2 aromatic rings. The van der Waals surface area contributed by atoms with Crippen LogP contribution in [0, 0.1) is 0 Å². The predicted molar refractivity (Wildman–Crippen MR) is 114 cm³/mol. The van der Waals surface area contributed by atoms with Gasteiger partial charge in [0.05, 0.1) is 20.8 Å². The molecule has 8 nitrogen and oxygen atoms in total. The van der Waals surface area contributed by atoms with Gasteiger partial charge in [-0.3, -0.25) is 4.79 Å². The summed E-state index contributed by atoms with van der Waals surface area (Å²) in [4.78, 5) is 30.9. The molecule has 29 heavy (non-hydrogen) atoms. The molecule has 0 unspecified atom stereocenters. The molecule has 158 valence electrons. The second-order valence-electron chi connectivity index (χ2n) is 6.34. The molecule has 0 aliphatic heterocycles. The molecule has 2 N–H and O–H groups in total. The van der Waals surface area contributed by atoms with Gasteiger partial charge in [0.15, 0.2) is 0 Å². The monoisotopic (exact) mass is 420 g/mol. The number of nitrogens with one attached hydrogen (secondary N) is 2. The zero-order valence-electron chi connectivity index (χ0n) is 17.3. The fourth-order valence-corrected chi connectivity index (χ4v) is 3.37. The van der Waals surface area contributed by atoms with Gasteiger partial charge < -0.3 is 25.0 Å². The Kier molecular flexibility index (Phi) is 8.72. The topological polar surface area (TPSA) is 92.8 Å². The van der Waals surface area contributed by atoms with Gasteiger partial charge in [-0.25, -0.2) is 9.78 Å². The summed E-state index contributed by atoms with van der Waals surface area (Å²) in [7, 11) is 3.11. The molecule has 0 aliphatic rings. The van der Waals surface area contributed by atoms with Crippen molar-refractivity contribution in [2.45, 2.75) is 33.2 Å². The summed E-state index contributed by atoms with van der Waals surface area (Å²) in [6.45, 7) is 5.49. The Morgan fingerprint density at radius 1 is 1.10 bits per heavy atom. The molecule has 2 rings (SSSR count). The summed E-state index contributed by atoms with van der Waals surface area (Å²) in [5, 5.41) is 8.11. The highest BCUT2D eigenvalue weighted by molar-refractivity contribution is 7.09. The van der Waals surface area contributed by atoms with E-state index in [0.29, 0.717) is 47.5 Å². The highest BCUT2D eigenvalue weighted by Crippen LogP contribution is 2.26. The molecule has 0 saturated carbocycles. The Hall–Kier alpha value is -2.81. The normalized spacial score (nSPS) is 10.3. The van der Waals surface area contributed by atoms with E-state index < -0.39 is 0 Å². The molecule has 0 saturated heterocycles. The van der Waals surface area contributed by atoms with Crippen LogP contribution in [-0.2, 0) is 6.54 Å². The summed E-state index contributed by atoms with van der Waals surface area (Å²) in [6, 6.07) is 4.93. The quantitative estimate of drug-likeness (QED) is 0.611. The van der Waals surface area contributed by atoms with Crippen molar-refractivity contribution in [3.63, 3.8) is 0 Å². The first-order valence-corrected chi connectivity index (χ1v) is 10.4. The van der Waals surface area contributed by atoms with Crippen LogP contribution in [0.1, 0.15) is 42.2 Å². The molecule has 0 aliphatic carbocycles. The minimum absolute atomic E-state index is 0.190. The number of urea groups is 1. The maximum Gasteiger partial charge on any atom is 0.322 e. The SMILES string of the molecule is CCCNC(=O)c1csc(CN(CCC)C(=O)Nc2cc(OC)cc(OC)c2)n1. The lowest BCUT2D eigenvalue weighted by atomic mass is 10.2. The number of ether oxygens (including phenoxy) is 2. The van der Waals surface area contributed by atoms with E-state index in [1.54, 1.807) is 42.7 Å². The van der Waals surface area contributed by atoms with Crippen LogP contribution in [0.2, 0.25) is 0 Å². The van der Waals surface area contributed by atoms with Gasteiger partial charge in [-0.05, 0) is 12.8 Å². The summed E-state index contributed by atoms with van der Waals surface area (Å²) in [5.41, 5.74) is 0.957. The zero-order chi connectivity index (χ0) is 21.2. The molecule has 0 radical (unpaired) electrons. The third kappa shape index (κ3) is 6.63. The Balaban J connectivity index is 2.08. The van der Waals surface area contributed by atoms with E-state index in [9.17, 15) is 9.59 Å². The Labute approximate surface area is 175 Å². The maximum absolute atomic E-state index is 12.8. The number of aromatic nitrogens is 1. The van der Waals surface area contributed by atoms with Crippen molar-refractivity contribution in [1.82, 2.24) is 15.2 Å². The molecular weight excluding hydrogens is 392 g/mol. The van der Waals surface area contributed by atoms with Crippen molar-refractivity contribution in [3.8, 4) is 11.5 Å². The van der Waals surface area contributed by atoms with Gasteiger partial charge in [0.2, 0.25) is 0 Å². The average Bonchev–Trinajstić information content (AvgIpc) is 3.20. The van der Waals surface area contributed by atoms with E-state index in [0.717, 1.165) is 12.8 Å². The molecule has 1 heterocycles. The fourth-order valence-electron chi connectivity index (χ4n) is 2.58. The number of amides is 3. The standard InChI is InChI=1S/C20H28N4O4S/c1-5-7-21-19(25)17-13-29-18(23-17)12-24(8-6-2)20(26)22-14-9-15(27-3)11-16(10-14)28-4/h9-11,13H,5-8,12H2,1-4H3,(H,21,25)(H,22,26). The summed E-state index contributed by atoms with van der Waals surface area (Å²) < 4.78 is 10.5. The van der Waals surface area contributed by atoms with E-state index in [1.807, 2.05) is 13.8 Å². The number of hydrogen-bond donors (Lipinski definition) is 2. The molecule has 0 spiro atoms. The number of nitrogens with zero attached hydrogens (tertiary/aromatic N) is 2. The first-order chi connectivity index (χ1) is 14.0. The molecule has 1 aromatic carbocycles. The van der Waals surface area contributed by atoms with Crippen LogP contribution in [0.25, 0.3) is 0 Å². The summed E-state index contributed by atoms with van der Waals surface area (Å²) >= 11 is 1.37. The largest absolute Gasteiger partial charge is 0.497 e. The number of methoxy groups -OCH3 is 2. The Morgan fingerprint density at radius 3 is 2.38 bits per heavy atom. The second kappa shape index (κ2) is 11.3. The lowest BCUT2D eigenvalue weighted by Crippen LogP contribution is -2.35. The van der Waals surface area contributed by atoms with Gasteiger partial charge >= 0.3 is 6.03 Å². The third-order valence-corrected chi connectivity index (χ3v) is 4.86. The summed E-state index contributed by atoms with van der Waals surface area (Å²) in [5.74, 6) is 0.984. The first kappa shape index (κ1) is 22.5. The molecule has 9 heteroatoms. The Morgan fingerprint density at radius 2 is 1.79 bits per heavy atom. The van der Waals surface area contributed by atoms with Crippen LogP contribution in [0.15, 0.2) is 23.6 Å². The van der Waals surface area contributed by atoms with Crippen molar-refractivity contribution >= 4 is 29.0 Å². The van der Waals surface area contributed by atoms with Crippen LogP contribution >= 0.6 is 11.3 Å². The van der Waals surface area contributed by atoms with Crippen LogP contribution in [-0.4, -0.2) is 49.1 Å². The van der Waals surface area contributed by atoms with Crippen LogP contribution in [0.5, 0.6) is 11.5 Å². The highest BCUT2D eigenvalue weighted by atomic mass is 32.1. The van der Waals surface area contributed by atoms with E-state index in [-0.39, 0.29) is 11.9 Å². The number of rotatable bonds is 10. The van der Waals surface area contributed by atoms with Crippen molar-refractivity contribution in [2.24, 2.45) is 0 Å². The molecular formula is C20H28N4O4S. The van der Waals surface area contributed by atoms with Crippen molar-refractivity contribution < 1.29 is 19.1 Å². The summed E-state index contributed by atoms with van der Waals surface area (Å²) in [6.07, 6.45) is 1.66. The number of carbonyl (C=O) groups excluding carboxylic acids is 2. The lowest BCUT2D eigenvalue weighted by Gasteiger charge is -2.22. The van der Waals surface area contributed by atoms with Gasteiger partial charge in [0.25, 0.3) is 5.91 Å². The third-order valence-electron chi connectivity index (χ3n) is 4.03. The minimum atomic E-state index is -0.255. The molecule has 0 atom stereocenters. The first-order valence-electron chi connectivity index (χ1n) is 9.52. The van der Waals surface area contributed by atoms with Gasteiger partial charge in [0, 0.05) is 42.4 Å². The Bertz CT molecular complexity index is 802. The molecule has 3 amide bonds. The fraction of sp³-hybridized carbons (Fsp3) is 0.450. The number of thiazole rings is 1. The number of anilines is 1. The van der Waals surface area contributed by atoms with Crippen molar-refractivity contribution in [3.05, 3.63) is 34.3 Å². The minimum Gasteiger partial charge on any atom is -0.497 e. The smallest absolute Gasteiger partial charge is 0.322 e. The van der Waals surface area contributed by atoms with Crippen LogP contribution < -0.4 is 20.1 Å². The zero-order valence-corrected chi connectivity index (χ0v) is 18.1. The van der Waals surface area contributed by atoms with Crippen molar-refractivity contribution in [2.75, 3.05) is 32.6 Å². The van der Waals surface area contributed by atoms with Crippen LogP contribution in [0.3, 0.4) is 0 Å². The van der Waals surface area contributed by atoms with Crippen molar-refractivity contribution in [1.29, 1.82) is 0 Å². The predicted octanol–water partition coefficient (Wildman–Crippen LogP) is 3.74. The van der Waals surface area contributed by atoms with Gasteiger partial charge in [-0.15, -0.1) is 11.3 Å². The second-order valence-corrected chi connectivity index (χ2v) is 7.28. The van der Waals surface area contributed by atoms with Gasteiger partial charge in [0.1, 0.15) is 22.2 Å². The molecule has 0 fully saturated rings. The molecule has 1 aromatic heterocycles. The molecule has 0 bridgehead atoms. The van der Waals surface area contributed by atoms with E-state index in [4.69, 9.17) is 9.47 Å². The number of benzene rings is 1. The number of hydrogen-bond acceptors (Lipinski definition) is 6. The van der Waals surface area contributed by atoms with Crippen LogP contribution in [0.4, 0.5) is 10.5 Å². The average molecular weight is 421 g/mol. The van der Waals surface area contributed by atoms with Gasteiger partial charge in [-0.2, -0.15) is 0 Å². The van der Waals surface area contributed by atoms with Gasteiger partial charge in [-0.1, -0.05) is 13.8 Å². The maximum atomic E-state index is 12.8. The van der Waals surface area contributed by atoms with E-state index in [2.05, 4.69) is 15.6 Å². The highest BCUT2D eigenvalue weighted by Gasteiger charge is 2.17. The lowest BCUT2D eigenvalue weighted by molar-refractivity contribution is 0.0949.